The molecular weight excluding hydrogens is 312 g/mol. The van der Waals surface area contributed by atoms with Gasteiger partial charge in [0.25, 0.3) is 0 Å². The third-order valence-electron chi connectivity index (χ3n) is 3.49. The highest BCUT2D eigenvalue weighted by atomic mass is 32.1. The lowest BCUT2D eigenvalue weighted by atomic mass is 10.1. The topological polar surface area (TPSA) is 87.7 Å². The fourth-order valence-electron chi connectivity index (χ4n) is 2.23. The molecule has 1 atom stereocenters. The highest BCUT2D eigenvalue weighted by molar-refractivity contribution is 7.14. The molecule has 0 radical (unpaired) electrons. The van der Waals surface area contributed by atoms with Crippen molar-refractivity contribution in [2.45, 2.75) is 13.3 Å². The third-order valence-corrected chi connectivity index (χ3v) is 4.41. The standard InChI is InChI=1S/C15H16N6OS/c1-10(8-13-17-19-20-18-13)14(22)21(2)15-16-12(9-23-15)11-6-4-3-5-7-11/h3-7,9-10H,8H2,1-2H3,(H,17,18,19,20)/t10-/m1/s1. The van der Waals surface area contributed by atoms with Gasteiger partial charge in [0.15, 0.2) is 5.13 Å². The number of thiazole rings is 1. The third kappa shape index (κ3) is 3.42. The van der Waals surface area contributed by atoms with Gasteiger partial charge in [-0.15, -0.1) is 16.4 Å². The van der Waals surface area contributed by atoms with Crippen molar-refractivity contribution in [2.24, 2.45) is 5.92 Å². The molecular formula is C15H16N6OS. The summed E-state index contributed by atoms with van der Waals surface area (Å²) in [5, 5.41) is 16.2. The molecule has 1 aromatic carbocycles. The lowest BCUT2D eigenvalue weighted by molar-refractivity contribution is -0.121. The maximum Gasteiger partial charge on any atom is 0.231 e. The summed E-state index contributed by atoms with van der Waals surface area (Å²) in [6.07, 6.45) is 0.465. The van der Waals surface area contributed by atoms with Gasteiger partial charge >= 0.3 is 0 Å². The first-order valence-corrected chi connectivity index (χ1v) is 8.04. The Kier molecular flexibility index (Phi) is 4.42. The quantitative estimate of drug-likeness (QED) is 0.775. The van der Waals surface area contributed by atoms with Crippen LogP contribution in [0.5, 0.6) is 0 Å². The molecule has 0 saturated carbocycles. The van der Waals surface area contributed by atoms with E-state index in [0.29, 0.717) is 17.4 Å². The van der Waals surface area contributed by atoms with Gasteiger partial charge in [-0.1, -0.05) is 37.3 Å². The van der Waals surface area contributed by atoms with Crippen molar-refractivity contribution in [3.63, 3.8) is 0 Å². The Balaban J connectivity index is 1.71. The lowest BCUT2D eigenvalue weighted by Gasteiger charge is -2.18. The van der Waals surface area contributed by atoms with Crippen LogP contribution in [0.15, 0.2) is 35.7 Å². The van der Waals surface area contributed by atoms with Gasteiger partial charge in [-0.05, 0) is 10.4 Å². The molecule has 2 aromatic heterocycles. The van der Waals surface area contributed by atoms with Crippen LogP contribution in [0.1, 0.15) is 12.7 Å². The molecule has 23 heavy (non-hydrogen) atoms. The zero-order chi connectivity index (χ0) is 16.2. The van der Waals surface area contributed by atoms with E-state index >= 15 is 0 Å². The largest absolute Gasteiger partial charge is 0.291 e. The minimum atomic E-state index is -0.237. The number of anilines is 1. The number of carbonyl (C=O) groups is 1. The molecule has 7 nitrogen and oxygen atoms in total. The summed E-state index contributed by atoms with van der Waals surface area (Å²) in [5.74, 6) is 0.345. The summed E-state index contributed by atoms with van der Waals surface area (Å²) in [7, 11) is 1.74. The van der Waals surface area contributed by atoms with E-state index in [4.69, 9.17) is 0 Å². The van der Waals surface area contributed by atoms with Crippen molar-refractivity contribution >= 4 is 22.4 Å². The van der Waals surface area contributed by atoms with Gasteiger partial charge in [0, 0.05) is 30.3 Å². The Bertz CT molecular complexity index is 770. The summed E-state index contributed by atoms with van der Waals surface area (Å²) in [4.78, 5) is 18.7. The van der Waals surface area contributed by atoms with E-state index in [1.54, 1.807) is 11.9 Å². The molecule has 3 aromatic rings. The van der Waals surface area contributed by atoms with Crippen LogP contribution in [0.25, 0.3) is 11.3 Å². The van der Waals surface area contributed by atoms with Crippen molar-refractivity contribution in [3.8, 4) is 11.3 Å². The lowest BCUT2D eigenvalue weighted by Crippen LogP contribution is -2.32. The Morgan fingerprint density at radius 3 is 2.83 bits per heavy atom. The number of H-pyrrole nitrogens is 1. The molecule has 8 heteroatoms. The molecule has 0 spiro atoms. The molecule has 0 bridgehead atoms. The predicted octanol–water partition coefficient (Wildman–Crippen LogP) is 2.16. The van der Waals surface area contributed by atoms with Crippen LogP contribution >= 0.6 is 11.3 Å². The van der Waals surface area contributed by atoms with Crippen LogP contribution in [0, 0.1) is 5.92 Å². The van der Waals surface area contributed by atoms with Gasteiger partial charge in [0.1, 0.15) is 5.82 Å². The summed E-state index contributed by atoms with van der Waals surface area (Å²) in [5.41, 5.74) is 1.91. The smallest absolute Gasteiger partial charge is 0.231 e. The average molecular weight is 328 g/mol. The molecule has 0 saturated heterocycles. The number of hydrogen-bond acceptors (Lipinski definition) is 6. The summed E-state index contributed by atoms with van der Waals surface area (Å²) >= 11 is 1.45. The normalized spacial score (nSPS) is 12.1. The van der Waals surface area contributed by atoms with Crippen LogP contribution in [0.3, 0.4) is 0 Å². The number of rotatable bonds is 5. The Morgan fingerprint density at radius 1 is 1.35 bits per heavy atom. The van der Waals surface area contributed by atoms with Crippen LogP contribution in [-0.4, -0.2) is 38.6 Å². The van der Waals surface area contributed by atoms with Gasteiger partial charge in [0.2, 0.25) is 5.91 Å². The fraction of sp³-hybridized carbons (Fsp3) is 0.267. The number of carbonyl (C=O) groups excluding carboxylic acids is 1. The monoisotopic (exact) mass is 328 g/mol. The molecule has 0 aliphatic carbocycles. The van der Waals surface area contributed by atoms with Crippen molar-refractivity contribution in [1.82, 2.24) is 25.6 Å². The van der Waals surface area contributed by atoms with Crippen LogP contribution in [0.4, 0.5) is 5.13 Å². The number of aromatic nitrogens is 5. The van der Waals surface area contributed by atoms with Gasteiger partial charge in [-0.2, -0.15) is 0 Å². The van der Waals surface area contributed by atoms with E-state index in [2.05, 4.69) is 25.6 Å². The number of aromatic amines is 1. The minimum absolute atomic E-state index is 0.0182. The molecule has 2 heterocycles. The van der Waals surface area contributed by atoms with Crippen molar-refractivity contribution < 1.29 is 4.79 Å². The minimum Gasteiger partial charge on any atom is -0.291 e. The molecule has 0 aliphatic heterocycles. The van der Waals surface area contributed by atoms with E-state index in [0.717, 1.165) is 11.3 Å². The predicted molar refractivity (Wildman–Crippen MR) is 88.0 cm³/mol. The van der Waals surface area contributed by atoms with E-state index < -0.39 is 0 Å². The van der Waals surface area contributed by atoms with Crippen LogP contribution in [-0.2, 0) is 11.2 Å². The summed E-state index contributed by atoms with van der Waals surface area (Å²) < 4.78 is 0. The molecule has 118 valence electrons. The van der Waals surface area contributed by atoms with E-state index in [1.165, 1.54) is 11.3 Å². The molecule has 1 amide bonds. The van der Waals surface area contributed by atoms with Crippen LogP contribution < -0.4 is 4.90 Å². The van der Waals surface area contributed by atoms with E-state index in [-0.39, 0.29) is 11.8 Å². The second-order valence-corrected chi connectivity index (χ2v) is 6.07. The van der Waals surface area contributed by atoms with Gasteiger partial charge in [-0.3, -0.25) is 9.69 Å². The highest BCUT2D eigenvalue weighted by Crippen LogP contribution is 2.27. The number of hydrogen-bond donors (Lipinski definition) is 1. The second-order valence-electron chi connectivity index (χ2n) is 5.23. The maximum absolute atomic E-state index is 12.5. The molecule has 3 rings (SSSR count). The number of amides is 1. The SMILES string of the molecule is C[C@H](Cc1nnn[nH]1)C(=O)N(C)c1nc(-c2ccccc2)cs1. The first kappa shape index (κ1) is 15.3. The van der Waals surface area contributed by atoms with E-state index in [9.17, 15) is 4.79 Å². The number of nitrogens with one attached hydrogen (secondary N) is 1. The first-order chi connectivity index (χ1) is 11.1. The van der Waals surface area contributed by atoms with Crippen molar-refractivity contribution in [3.05, 3.63) is 41.5 Å². The van der Waals surface area contributed by atoms with Crippen molar-refractivity contribution in [1.29, 1.82) is 0 Å². The zero-order valence-corrected chi connectivity index (χ0v) is 13.6. The number of benzene rings is 1. The molecule has 0 fully saturated rings. The average Bonchev–Trinajstić information content (AvgIpc) is 3.26. The molecule has 0 aliphatic rings. The van der Waals surface area contributed by atoms with Gasteiger partial charge in [0.05, 0.1) is 5.69 Å². The van der Waals surface area contributed by atoms with E-state index in [1.807, 2.05) is 42.6 Å². The molecule has 0 unspecified atom stereocenters. The Morgan fingerprint density at radius 2 is 2.13 bits per heavy atom. The first-order valence-electron chi connectivity index (χ1n) is 7.16. The van der Waals surface area contributed by atoms with Crippen LogP contribution in [0.2, 0.25) is 0 Å². The molecule has 1 N–H and O–H groups in total. The Hall–Kier alpha value is -2.61. The fourth-order valence-corrected chi connectivity index (χ4v) is 3.03. The highest BCUT2D eigenvalue weighted by Gasteiger charge is 2.22. The summed E-state index contributed by atoms with van der Waals surface area (Å²) in [6.45, 7) is 1.85. The van der Waals surface area contributed by atoms with Crippen molar-refractivity contribution in [2.75, 3.05) is 11.9 Å². The summed E-state index contributed by atoms with van der Waals surface area (Å²) in [6, 6.07) is 9.90. The number of tetrazole rings is 1. The maximum atomic E-state index is 12.5. The number of nitrogens with zero attached hydrogens (tertiary/aromatic N) is 5. The Labute approximate surface area is 137 Å². The van der Waals surface area contributed by atoms with Gasteiger partial charge in [-0.25, -0.2) is 10.1 Å². The second kappa shape index (κ2) is 6.66. The van der Waals surface area contributed by atoms with Gasteiger partial charge < -0.3 is 0 Å². The zero-order valence-electron chi connectivity index (χ0n) is 12.8.